The molecule has 4 N–H and O–H groups in total. The molecule has 0 saturated heterocycles. The lowest BCUT2D eigenvalue weighted by molar-refractivity contribution is -0.138. The molecule has 0 bridgehead atoms. The summed E-state index contributed by atoms with van der Waals surface area (Å²) in [5.41, 5.74) is 5.97. The first-order valence-corrected chi connectivity index (χ1v) is 5.29. The van der Waals surface area contributed by atoms with E-state index in [1.54, 1.807) is 18.7 Å². The van der Waals surface area contributed by atoms with Gasteiger partial charge in [-0.2, -0.15) is 11.8 Å². The number of rotatable bonds is 7. The fourth-order valence-corrected chi connectivity index (χ4v) is 1.74. The van der Waals surface area contributed by atoms with Gasteiger partial charge in [0.15, 0.2) is 0 Å². The van der Waals surface area contributed by atoms with E-state index in [-0.39, 0.29) is 0 Å². The SMILES string of the molecule is CC(=N)CCSCC[C@H](N)C(=O)O. The largest absolute Gasteiger partial charge is 0.480 e. The van der Waals surface area contributed by atoms with Crippen molar-refractivity contribution in [3.63, 3.8) is 0 Å². The van der Waals surface area contributed by atoms with E-state index in [2.05, 4.69) is 0 Å². The number of thioether (sulfide) groups is 1. The zero-order valence-corrected chi connectivity index (χ0v) is 8.56. The molecule has 0 aliphatic rings. The molecule has 0 aromatic heterocycles. The number of hydrogen-bond donors (Lipinski definition) is 3. The van der Waals surface area contributed by atoms with Gasteiger partial charge in [0.1, 0.15) is 6.04 Å². The van der Waals surface area contributed by atoms with Gasteiger partial charge in [-0.1, -0.05) is 0 Å². The molecule has 0 aromatic rings. The molecule has 1 atom stereocenters. The molecule has 0 heterocycles. The Balaban J connectivity index is 3.26. The lowest BCUT2D eigenvalue weighted by Gasteiger charge is -2.05. The summed E-state index contributed by atoms with van der Waals surface area (Å²) in [5, 5.41) is 15.6. The summed E-state index contributed by atoms with van der Waals surface area (Å²) in [6.45, 7) is 1.77. The lowest BCUT2D eigenvalue weighted by atomic mass is 10.2. The zero-order chi connectivity index (χ0) is 10.3. The highest BCUT2D eigenvalue weighted by atomic mass is 32.2. The van der Waals surface area contributed by atoms with Crippen LogP contribution in [0.5, 0.6) is 0 Å². The first kappa shape index (κ1) is 12.4. The number of hydrogen-bond acceptors (Lipinski definition) is 4. The van der Waals surface area contributed by atoms with Gasteiger partial charge in [0.05, 0.1) is 0 Å². The Hall–Kier alpha value is -0.550. The third-order valence-corrected chi connectivity index (χ3v) is 2.53. The molecule has 0 radical (unpaired) electrons. The molecule has 76 valence electrons. The number of carboxylic acids is 1. The Kier molecular flexibility index (Phi) is 6.62. The normalized spacial score (nSPS) is 12.5. The molecule has 0 aliphatic carbocycles. The standard InChI is InChI=1S/C8H16N2O2S/c1-6(9)2-4-13-5-3-7(10)8(11)12/h7,9H,2-5,10H2,1H3,(H,11,12)/t7-/m0/s1. The molecule has 0 saturated carbocycles. The van der Waals surface area contributed by atoms with Gasteiger partial charge in [0.25, 0.3) is 0 Å². The minimum absolute atomic E-state index is 0.497. The molecule has 0 amide bonds. The second kappa shape index (κ2) is 6.91. The van der Waals surface area contributed by atoms with Gasteiger partial charge in [0.2, 0.25) is 0 Å². The average molecular weight is 204 g/mol. The highest BCUT2D eigenvalue weighted by molar-refractivity contribution is 7.99. The first-order valence-electron chi connectivity index (χ1n) is 4.14. The van der Waals surface area contributed by atoms with Gasteiger partial charge >= 0.3 is 5.97 Å². The van der Waals surface area contributed by atoms with Crippen LogP contribution >= 0.6 is 11.8 Å². The number of carboxylic acid groups (broad SMARTS) is 1. The highest BCUT2D eigenvalue weighted by Gasteiger charge is 2.09. The maximum Gasteiger partial charge on any atom is 0.320 e. The minimum atomic E-state index is -0.941. The van der Waals surface area contributed by atoms with Crippen molar-refractivity contribution < 1.29 is 9.90 Å². The monoisotopic (exact) mass is 204 g/mol. The fraction of sp³-hybridized carbons (Fsp3) is 0.750. The Morgan fingerprint density at radius 1 is 1.62 bits per heavy atom. The fourth-order valence-electron chi connectivity index (χ4n) is 0.661. The molecular weight excluding hydrogens is 188 g/mol. The lowest BCUT2D eigenvalue weighted by Crippen LogP contribution is -2.30. The van der Waals surface area contributed by atoms with Crippen molar-refractivity contribution in [3.8, 4) is 0 Å². The van der Waals surface area contributed by atoms with Crippen LogP contribution < -0.4 is 5.73 Å². The Labute approximate surface area is 82.4 Å². The van der Waals surface area contributed by atoms with Crippen LogP contribution in [0.1, 0.15) is 19.8 Å². The molecular formula is C8H16N2O2S. The van der Waals surface area contributed by atoms with Crippen LogP contribution in [-0.4, -0.2) is 34.3 Å². The van der Waals surface area contributed by atoms with Gasteiger partial charge in [-0.05, 0) is 31.3 Å². The second-order valence-electron chi connectivity index (χ2n) is 2.88. The van der Waals surface area contributed by atoms with Crippen molar-refractivity contribution in [1.29, 1.82) is 5.41 Å². The number of nitrogens with two attached hydrogens (primary N) is 1. The van der Waals surface area contributed by atoms with E-state index in [1.165, 1.54) is 0 Å². The predicted molar refractivity (Wildman–Crippen MR) is 55.6 cm³/mol. The molecule has 0 aliphatic heterocycles. The van der Waals surface area contributed by atoms with E-state index in [4.69, 9.17) is 16.2 Å². The van der Waals surface area contributed by atoms with Crippen LogP contribution in [0.2, 0.25) is 0 Å². The summed E-state index contributed by atoms with van der Waals surface area (Å²) >= 11 is 1.64. The van der Waals surface area contributed by atoms with E-state index in [0.29, 0.717) is 12.1 Å². The number of aliphatic carboxylic acids is 1. The summed E-state index contributed by atoms with van der Waals surface area (Å²) < 4.78 is 0. The van der Waals surface area contributed by atoms with E-state index in [0.717, 1.165) is 17.9 Å². The van der Waals surface area contributed by atoms with E-state index < -0.39 is 12.0 Å². The smallest absolute Gasteiger partial charge is 0.320 e. The summed E-state index contributed by atoms with van der Waals surface area (Å²) in [4.78, 5) is 10.3. The van der Waals surface area contributed by atoms with Gasteiger partial charge in [0, 0.05) is 5.71 Å². The van der Waals surface area contributed by atoms with Crippen LogP contribution in [0.15, 0.2) is 0 Å². The molecule has 0 unspecified atom stereocenters. The van der Waals surface area contributed by atoms with E-state index in [9.17, 15) is 4.79 Å². The molecule has 4 nitrogen and oxygen atoms in total. The third-order valence-electron chi connectivity index (χ3n) is 1.51. The quantitative estimate of drug-likeness (QED) is 0.425. The van der Waals surface area contributed by atoms with Crippen LogP contribution in [0.25, 0.3) is 0 Å². The van der Waals surface area contributed by atoms with Crippen molar-refractivity contribution in [2.75, 3.05) is 11.5 Å². The van der Waals surface area contributed by atoms with Crippen molar-refractivity contribution in [3.05, 3.63) is 0 Å². The number of carbonyl (C=O) groups is 1. The third kappa shape index (κ3) is 7.80. The molecule has 0 rings (SSSR count). The number of nitrogens with one attached hydrogen (secondary N) is 1. The summed E-state index contributed by atoms with van der Waals surface area (Å²) in [5.74, 6) is 0.687. The van der Waals surface area contributed by atoms with Crippen molar-refractivity contribution in [1.82, 2.24) is 0 Å². The Bertz CT molecular complexity index is 185. The molecule has 13 heavy (non-hydrogen) atoms. The van der Waals surface area contributed by atoms with Crippen molar-refractivity contribution >= 4 is 23.4 Å². The molecule has 5 heteroatoms. The highest BCUT2D eigenvalue weighted by Crippen LogP contribution is 2.06. The second-order valence-corrected chi connectivity index (χ2v) is 4.10. The van der Waals surface area contributed by atoms with Crippen molar-refractivity contribution in [2.45, 2.75) is 25.8 Å². The van der Waals surface area contributed by atoms with Crippen LogP contribution in [0.3, 0.4) is 0 Å². The van der Waals surface area contributed by atoms with Crippen molar-refractivity contribution in [2.24, 2.45) is 5.73 Å². The topological polar surface area (TPSA) is 87.2 Å². The maximum absolute atomic E-state index is 10.3. The Morgan fingerprint density at radius 2 is 2.23 bits per heavy atom. The molecule has 0 aromatic carbocycles. The molecule has 0 fully saturated rings. The van der Waals surface area contributed by atoms with Crippen LogP contribution in [-0.2, 0) is 4.79 Å². The molecule has 0 spiro atoms. The first-order chi connectivity index (χ1) is 6.04. The summed E-state index contributed by atoms with van der Waals surface area (Å²) in [6, 6.07) is -0.742. The van der Waals surface area contributed by atoms with E-state index in [1.807, 2.05) is 0 Å². The van der Waals surface area contributed by atoms with Crippen LogP contribution in [0.4, 0.5) is 0 Å². The van der Waals surface area contributed by atoms with Gasteiger partial charge < -0.3 is 16.2 Å². The van der Waals surface area contributed by atoms with Gasteiger partial charge in [-0.3, -0.25) is 4.79 Å². The Morgan fingerprint density at radius 3 is 2.69 bits per heavy atom. The summed E-state index contributed by atoms with van der Waals surface area (Å²) in [7, 11) is 0. The van der Waals surface area contributed by atoms with E-state index >= 15 is 0 Å². The van der Waals surface area contributed by atoms with Gasteiger partial charge in [-0.15, -0.1) is 0 Å². The van der Waals surface area contributed by atoms with Gasteiger partial charge in [-0.25, -0.2) is 0 Å². The predicted octanol–water partition coefficient (Wildman–Crippen LogP) is 0.951. The zero-order valence-electron chi connectivity index (χ0n) is 7.75. The minimum Gasteiger partial charge on any atom is -0.480 e. The summed E-state index contributed by atoms with van der Waals surface area (Å²) in [6.07, 6.45) is 1.27. The maximum atomic E-state index is 10.3. The average Bonchev–Trinajstić information content (AvgIpc) is 2.02. The van der Waals surface area contributed by atoms with Crippen LogP contribution in [0, 0.1) is 5.41 Å².